The van der Waals surface area contributed by atoms with Crippen molar-refractivity contribution >= 4 is 10.9 Å². The number of aromatic nitrogens is 1. The number of nitriles is 1. The van der Waals surface area contributed by atoms with Crippen molar-refractivity contribution in [1.82, 2.24) is 9.88 Å². The lowest BCUT2D eigenvalue weighted by atomic mass is 9.78. The molecule has 2 aromatic rings. The van der Waals surface area contributed by atoms with E-state index in [0.717, 1.165) is 38.2 Å². The van der Waals surface area contributed by atoms with E-state index < -0.39 is 0 Å². The molecule has 0 saturated carbocycles. The summed E-state index contributed by atoms with van der Waals surface area (Å²) in [6.45, 7) is 7.34. The summed E-state index contributed by atoms with van der Waals surface area (Å²) in [4.78, 5) is 5.82. The molecule has 4 nitrogen and oxygen atoms in total. The fraction of sp³-hybridized carbons (Fsp3) is 0.526. The van der Waals surface area contributed by atoms with Crippen LogP contribution in [0, 0.1) is 23.7 Å². The summed E-state index contributed by atoms with van der Waals surface area (Å²) in [7, 11) is 1.75. The van der Waals surface area contributed by atoms with Crippen LogP contribution < -0.4 is 4.74 Å². The van der Waals surface area contributed by atoms with Crippen LogP contribution in [-0.4, -0.2) is 30.1 Å². The zero-order valence-electron chi connectivity index (χ0n) is 14.3. The lowest BCUT2D eigenvalue weighted by Crippen LogP contribution is -2.38. The average Bonchev–Trinajstić information content (AvgIpc) is 3.02. The molecule has 4 heteroatoms. The van der Waals surface area contributed by atoms with Crippen LogP contribution in [0.25, 0.3) is 10.9 Å². The maximum atomic E-state index is 8.99. The van der Waals surface area contributed by atoms with Crippen LogP contribution >= 0.6 is 0 Å². The number of methoxy groups -OCH3 is 1. The standard InChI is InChI=1S/C19H25N3O/c1-14-12-17(23-3)16(15-4-9-21-18(14)15)13-22-10-6-19(2,5-8-20)7-11-22/h4,9,12,21H,5-7,10-11,13H2,1-3H3. The Labute approximate surface area is 138 Å². The summed E-state index contributed by atoms with van der Waals surface area (Å²) in [5.74, 6) is 0.972. The highest BCUT2D eigenvalue weighted by atomic mass is 16.5. The molecule has 122 valence electrons. The molecule has 23 heavy (non-hydrogen) atoms. The number of aromatic amines is 1. The maximum Gasteiger partial charge on any atom is 0.124 e. The normalized spacial score (nSPS) is 18.0. The number of benzene rings is 1. The van der Waals surface area contributed by atoms with Gasteiger partial charge in [-0.05, 0) is 56.0 Å². The molecule has 2 heterocycles. The summed E-state index contributed by atoms with van der Waals surface area (Å²) in [6, 6.07) is 6.61. The van der Waals surface area contributed by atoms with E-state index in [0.29, 0.717) is 6.42 Å². The Morgan fingerprint density at radius 3 is 2.78 bits per heavy atom. The van der Waals surface area contributed by atoms with Crippen LogP contribution in [0.15, 0.2) is 18.3 Å². The number of nitrogens with one attached hydrogen (secondary N) is 1. The van der Waals surface area contributed by atoms with Gasteiger partial charge in [-0.2, -0.15) is 5.26 Å². The lowest BCUT2D eigenvalue weighted by molar-refractivity contribution is 0.116. The van der Waals surface area contributed by atoms with Gasteiger partial charge in [0, 0.05) is 35.6 Å². The van der Waals surface area contributed by atoms with Crippen LogP contribution in [0.5, 0.6) is 5.75 Å². The number of piperidine rings is 1. The first-order chi connectivity index (χ1) is 11.1. The lowest BCUT2D eigenvalue weighted by Gasteiger charge is -2.38. The third-order valence-electron chi connectivity index (χ3n) is 5.28. The average molecular weight is 311 g/mol. The predicted molar refractivity (Wildman–Crippen MR) is 92.4 cm³/mol. The number of ether oxygens (including phenoxy) is 1. The number of aryl methyl sites for hydroxylation is 1. The third-order valence-corrected chi connectivity index (χ3v) is 5.28. The molecular formula is C19H25N3O. The molecule has 3 rings (SSSR count). The molecule has 1 aliphatic rings. The second-order valence-corrected chi connectivity index (χ2v) is 7.06. The van der Waals surface area contributed by atoms with Crippen molar-refractivity contribution in [2.45, 2.75) is 39.7 Å². The first-order valence-electron chi connectivity index (χ1n) is 8.29. The first-order valence-corrected chi connectivity index (χ1v) is 8.29. The Morgan fingerprint density at radius 1 is 1.39 bits per heavy atom. The van der Waals surface area contributed by atoms with Gasteiger partial charge in [-0.25, -0.2) is 0 Å². The van der Waals surface area contributed by atoms with Crippen LogP contribution in [0.4, 0.5) is 0 Å². The summed E-state index contributed by atoms with van der Waals surface area (Å²) >= 11 is 0. The van der Waals surface area contributed by atoms with E-state index in [-0.39, 0.29) is 5.41 Å². The zero-order chi connectivity index (χ0) is 16.4. The minimum atomic E-state index is 0.187. The van der Waals surface area contributed by atoms with Gasteiger partial charge in [-0.1, -0.05) is 6.92 Å². The molecule has 0 bridgehead atoms. The number of nitrogens with zero attached hydrogens (tertiary/aromatic N) is 2. The Kier molecular flexibility index (Phi) is 4.32. The fourth-order valence-electron chi connectivity index (χ4n) is 3.62. The summed E-state index contributed by atoms with van der Waals surface area (Å²) in [5.41, 5.74) is 3.86. The number of rotatable bonds is 4. The molecule has 0 atom stereocenters. The Balaban J connectivity index is 1.82. The van der Waals surface area contributed by atoms with Crippen molar-refractivity contribution in [2.75, 3.05) is 20.2 Å². The molecule has 1 saturated heterocycles. The van der Waals surface area contributed by atoms with Crippen LogP contribution in [0.3, 0.4) is 0 Å². The molecule has 0 radical (unpaired) electrons. The first kappa shape index (κ1) is 15.9. The number of fused-ring (bicyclic) bond motifs is 1. The van der Waals surface area contributed by atoms with Crippen molar-refractivity contribution in [2.24, 2.45) is 5.41 Å². The molecule has 0 unspecified atom stereocenters. The summed E-state index contributed by atoms with van der Waals surface area (Å²) in [6.07, 6.45) is 4.84. The van der Waals surface area contributed by atoms with Gasteiger partial charge in [0.05, 0.1) is 13.2 Å². The largest absolute Gasteiger partial charge is 0.496 e. The second kappa shape index (κ2) is 6.25. The zero-order valence-corrected chi connectivity index (χ0v) is 14.3. The predicted octanol–water partition coefficient (Wildman–Crippen LogP) is 4.00. The number of H-pyrrole nitrogens is 1. The van der Waals surface area contributed by atoms with E-state index in [1.54, 1.807) is 7.11 Å². The molecule has 1 aromatic carbocycles. The summed E-state index contributed by atoms with van der Waals surface area (Å²) in [5, 5.41) is 10.2. The molecule has 1 fully saturated rings. The van der Waals surface area contributed by atoms with Gasteiger partial charge in [-0.15, -0.1) is 0 Å². The molecule has 1 aliphatic heterocycles. The maximum absolute atomic E-state index is 8.99. The molecule has 0 spiro atoms. The van der Waals surface area contributed by atoms with Crippen molar-refractivity contribution in [3.63, 3.8) is 0 Å². The smallest absolute Gasteiger partial charge is 0.124 e. The van der Waals surface area contributed by atoms with Gasteiger partial charge in [-0.3, -0.25) is 4.90 Å². The van der Waals surface area contributed by atoms with E-state index in [4.69, 9.17) is 10.00 Å². The van der Waals surface area contributed by atoms with Gasteiger partial charge in [0.2, 0.25) is 0 Å². The van der Waals surface area contributed by atoms with Crippen LogP contribution in [0.1, 0.15) is 37.3 Å². The highest BCUT2D eigenvalue weighted by molar-refractivity contribution is 5.88. The van der Waals surface area contributed by atoms with Gasteiger partial charge in [0.15, 0.2) is 0 Å². The van der Waals surface area contributed by atoms with E-state index in [9.17, 15) is 0 Å². The second-order valence-electron chi connectivity index (χ2n) is 7.06. The minimum absolute atomic E-state index is 0.187. The van der Waals surface area contributed by atoms with E-state index in [2.05, 4.69) is 41.9 Å². The number of hydrogen-bond donors (Lipinski definition) is 1. The van der Waals surface area contributed by atoms with E-state index in [1.165, 1.54) is 22.0 Å². The topological polar surface area (TPSA) is 52.0 Å². The SMILES string of the molecule is COc1cc(C)c2[nH]ccc2c1CN1CCC(C)(CC#N)CC1. The van der Waals surface area contributed by atoms with Crippen LogP contribution in [0.2, 0.25) is 0 Å². The Bertz CT molecular complexity index is 733. The van der Waals surface area contributed by atoms with Crippen molar-refractivity contribution in [3.05, 3.63) is 29.5 Å². The highest BCUT2D eigenvalue weighted by Crippen LogP contribution is 2.36. The molecule has 0 amide bonds. The van der Waals surface area contributed by atoms with Gasteiger partial charge >= 0.3 is 0 Å². The quantitative estimate of drug-likeness (QED) is 0.928. The van der Waals surface area contributed by atoms with E-state index >= 15 is 0 Å². The number of hydrogen-bond acceptors (Lipinski definition) is 3. The Morgan fingerprint density at radius 2 is 2.13 bits per heavy atom. The fourth-order valence-corrected chi connectivity index (χ4v) is 3.62. The molecular weight excluding hydrogens is 286 g/mol. The highest BCUT2D eigenvalue weighted by Gasteiger charge is 2.30. The van der Waals surface area contributed by atoms with Crippen molar-refractivity contribution < 1.29 is 4.74 Å². The monoisotopic (exact) mass is 311 g/mol. The molecule has 1 aromatic heterocycles. The third kappa shape index (κ3) is 3.07. The van der Waals surface area contributed by atoms with Gasteiger partial charge < -0.3 is 9.72 Å². The van der Waals surface area contributed by atoms with Gasteiger partial charge in [0.25, 0.3) is 0 Å². The molecule has 0 aliphatic carbocycles. The van der Waals surface area contributed by atoms with Crippen molar-refractivity contribution in [3.8, 4) is 11.8 Å². The van der Waals surface area contributed by atoms with Crippen LogP contribution in [-0.2, 0) is 6.54 Å². The summed E-state index contributed by atoms with van der Waals surface area (Å²) < 4.78 is 5.64. The van der Waals surface area contributed by atoms with E-state index in [1.807, 2.05) is 6.20 Å². The minimum Gasteiger partial charge on any atom is -0.496 e. The van der Waals surface area contributed by atoms with Gasteiger partial charge in [0.1, 0.15) is 5.75 Å². The number of likely N-dealkylation sites (tertiary alicyclic amines) is 1. The molecule has 1 N–H and O–H groups in total. The Hall–Kier alpha value is -1.99. The van der Waals surface area contributed by atoms with Crippen molar-refractivity contribution in [1.29, 1.82) is 5.26 Å².